The molecule has 1 heterocycles. The number of likely N-dealkylation sites (N-methyl/N-ethyl adjacent to an activating group) is 1. The fourth-order valence-electron chi connectivity index (χ4n) is 2.65. The van der Waals surface area contributed by atoms with E-state index in [9.17, 15) is 0 Å². The van der Waals surface area contributed by atoms with Crippen LogP contribution in [0.25, 0.3) is 0 Å². The minimum Gasteiger partial charge on any atom is -0.385 e. The third kappa shape index (κ3) is 3.10. The van der Waals surface area contributed by atoms with Crippen molar-refractivity contribution >= 4 is 0 Å². The zero-order valence-corrected chi connectivity index (χ0v) is 11.3. The summed E-state index contributed by atoms with van der Waals surface area (Å²) in [6, 6.07) is 8.98. The van der Waals surface area contributed by atoms with Crippen molar-refractivity contribution in [2.24, 2.45) is 0 Å². The highest BCUT2D eigenvalue weighted by atomic mass is 16.5. The molecule has 0 amide bonds. The van der Waals surface area contributed by atoms with Crippen LogP contribution < -0.4 is 5.32 Å². The van der Waals surface area contributed by atoms with Gasteiger partial charge in [0.05, 0.1) is 12.7 Å². The second-order valence-electron chi connectivity index (χ2n) is 4.77. The maximum absolute atomic E-state index is 5.98. The van der Waals surface area contributed by atoms with Crippen molar-refractivity contribution in [3.63, 3.8) is 0 Å². The minimum atomic E-state index is 0.178. The first kappa shape index (κ1) is 13.5. The van der Waals surface area contributed by atoms with E-state index >= 15 is 0 Å². The van der Waals surface area contributed by atoms with Crippen LogP contribution in [0.4, 0.5) is 0 Å². The van der Waals surface area contributed by atoms with E-state index in [4.69, 9.17) is 9.47 Å². The molecule has 0 spiro atoms. The molecule has 2 unspecified atom stereocenters. The van der Waals surface area contributed by atoms with Gasteiger partial charge in [-0.2, -0.15) is 0 Å². The second kappa shape index (κ2) is 6.88. The van der Waals surface area contributed by atoms with Crippen LogP contribution in [0.2, 0.25) is 0 Å². The average molecular weight is 249 g/mol. The Hall–Kier alpha value is -0.900. The van der Waals surface area contributed by atoms with Gasteiger partial charge >= 0.3 is 0 Å². The van der Waals surface area contributed by atoms with Crippen molar-refractivity contribution in [2.45, 2.75) is 31.4 Å². The predicted octanol–water partition coefficient (Wildman–Crippen LogP) is 2.32. The highest BCUT2D eigenvalue weighted by molar-refractivity contribution is 5.31. The molecule has 2 atom stereocenters. The van der Waals surface area contributed by atoms with E-state index in [1.807, 2.05) is 7.05 Å². The number of fused-ring (bicyclic) bond motifs is 1. The van der Waals surface area contributed by atoms with E-state index < -0.39 is 0 Å². The van der Waals surface area contributed by atoms with Gasteiger partial charge in [-0.3, -0.25) is 0 Å². The Kier molecular flexibility index (Phi) is 5.17. The molecule has 0 saturated carbocycles. The first-order valence-corrected chi connectivity index (χ1v) is 6.72. The summed E-state index contributed by atoms with van der Waals surface area (Å²) in [4.78, 5) is 0. The molecule has 1 aromatic carbocycles. The Morgan fingerprint density at radius 1 is 1.44 bits per heavy atom. The number of rotatable bonds is 6. The Morgan fingerprint density at radius 3 is 3.06 bits per heavy atom. The number of hydrogen-bond acceptors (Lipinski definition) is 3. The fourth-order valence-corrected chi connectivity index (χ4v) is 2.65. The molecule has 18 heavy (non-hydrogen) atoms. The zero-order valence-electron chi connectivity index (χ0n) is 11.3. The summed E-state index contributed by atoms with van der Waals surface area (Å²) >= 11 is 0. The summed E-state index contributed by atoms with van der Waals surface area (Å²) in [5.41, 5.74) is 2.78. The third-order valence-corrected chi connectivity index (χ3v) is 3.63. The van der Waals surface area contributed by atoms with Gasteiger partial charge in [0, 0.05) is 19.8 Å². The van der Waals surface area contributed by atoms with Gasteiger partial charge in [0.25, 0.3) is 0 Å². The van der Waals surface area contributed by atoms with Crippen LogP contribution in [0.5, 0.6) is 0 Å². The molecule has 3 nitrogen and oxygen atoms in total. The highest BCUT2D eigenvalue weighted by Gasteiger charge is 2.27. The summed E-state index contributed by atoms with van der Waals surface area (Å²) in [7, 11) is 3.76. The monoisotopic (exact) mass is 249 g/mol. The molecule has 0 fully saturated rings. The van der Waals surface area contributed by atoms with Crippen molar-refractivity contribution in [2.75, 3.05) is 27.4 Å². The van der Waals surface area contributed by atoms with E-state index in [-0.39, 0.29) is 6.10 Å². The van der Waals surface area contributed by atoms with Gasteiger partial charge in [-0.05, 0) is 37.4 Å². The van der Waals surface area contributed by atoms with Crippen LogP contribution in [0.3, 0.4) is 0 Å². The van der Waals surface area contributed by atoms with Crippen molar-refractivity contribution in [1.82, 2.24) is 5.32 Å². The van der Waals surface area contributed by atoms with Crippen molar-refractivity contribution < 1.29 is 9.47 Å². The van der Waals surface area contributed by atoms with E-state index in [1.165, 1.54) is 11.1 Å². The predicted molar refractivity (Wildman–Crippen MR) is 72.8 cm³/mol. The Balaban J connectivity index is 2.07. The molecule has 100 valence electrons. The van der Waals surface area contributed by atoms with Gasteiger partial charge in [0.15, 0.2) is 0 Å². The Bertz CT molecular complexity index is 367. The van der Waals surface area contributed by atoms with Crippen LogP contribution in [-0.4, -0.2) is 33.4 Å². The topological polar surface area (TPSA) is 30.5 Å². The minimum absolute atomic E-state index is 0.178. The Labute approximate surface area is 109 Å². The van der Waals surface area contributed by atoms with Crippen molar-refractivity contribution in [1.29, 1.82) is 0 Å². The number of methoxy groups -OCH3 is 1. The summed E-state index contributed by atoms with van der Waals surface area (Å²) in [5, 5.41) is 3.39. The lowest BCUT2D eigenvalue weighted by molar-refractivity contribution is 0.0131. The molecule has 2 rings (SSSR count). The lowest BCUT2D eigenvalue weighted by atomic mass is 9.91. The smallest absolute Gasteiger partial charge is 0.0980 e. The van der Waals surface area contributed by atoms with E-state index in [2.05, 4.69) is 29.6 Å². The molecule has 1 N–H and O–H groups in total. The molecule has 0 aliphatic carbocycles. The molecular weight excluding hydrogens is 226 g/mol. The van der Waals surface area contributed by atoms with Gasteiger partial charge in [-0.1, -0.05) is 24.3 Å². The molecule has 0 radical (unpaired) electrons. The summed E-state index contributed by atoms with van der Waals surface area (Å²) in [6.45, 7) is 1.64. The van der Waals surface area contributed by atoms with E-state index in [0.717, 1.165) is 32.5 Å². The fraction of sp³-hybridized carbons (Fsp3) is 0.600. The summed E-state index contributed by atoms with van der Waals surface area (Å²) in [5.74, 6) is 0. The van der Waals surface area contributed by atoms with Gasteiger partial charge < -0.3 is 14.8 Å². The van der Waals surface area contributed by atoms with E-state index in [0.29, 0.717) is 6.04 Å². The SMILES string of the molecule is CNC(CCCOC)C1OCCc2ccccc21. The molecule has 0 aromatic heterocycles. The molecule has 1 aliphatic rings. The van der Waals surface area contributed by atoms with Gasteiger partial charge in [0.2, 0.25) is 0 Å². The first-order valence-electron chi connectivity index (χ1n) is 6.72. The second-order valence-corrected chi connectivity index (χ2v) is 4.77. The van der Waals surface area contributed by atoms with Crippen molar-refractivity contribution in [3.05, 3.63) is 35.4 Å². The summed E-state index contributed by atoms with van der Waals surface area (Å²) < 4.78 is 11.1. The number of ether oxygens (including phenoxy) is 2. The van der Waals surface area contributed by atoms with E-state index in [1.54, 1.807) is 7.11 Å². The van der Waals surface area contributed by atoms with Crippen molar-refractivity contribution in [3.8, 4) is 0 Å². The quantitative estimate of drug-likeness (QED) is 0.785. The van der Waals surface area contributed by atoms with Crippen LogP contribution in [0.1, 0.15) is 30.1 Å². The molecule has 3 heteroatoms. The average Bonchev–Trinajstić information content (AvgIpc) is 2.43. The van der Waals surface area contributed by atoms with Crippen LogP contribution in [0.15, 0.2) is 24.3 Å². The molecule has 0 saturated heterocycles. The summed E-state index contributed by atoms with van der Waals surface area (Å²) in [6.07, 6.45) is 3.34. The lowest BCUT2D eigenvalue weighted by Gasteiger charge is -2.32. The maximum atomic E-state index is 5.98. The standard InChI is InChI=1S/C15H23NO2/c1-16-14(8-5-10-17-2)15-13-7-4-3-6-12(13)9-11-18-15/h3-4,6-7,14-16H,5,8-11H2,1-2H3. The Morgan fingerprint density at radius 2 is 2.28 bits per heavy atom. The number of hydrogen-bond donors (Lipinski definition) is 1. The zero-order chi connectivity index (χ0) is 12.8. The van der Waals surface area contributed by atoms with Crippen LogP contribution >= 0.6 is 0 Å². The third-order valence-electron chi connectivity index (χ3n) is 3.63. The van der Waals surface area contributed by atoms with Crippen LogP contribution in [-0.2, 0) is 15.9 Å². The van der Waals surface area contributed by atoms with Gasteiger partial charge in [-0.25, -0.2) is 0 Å². The maximum Gasteiger partial charge on any atom is 0.0980 e. The molecule has 1 aromatic rings. The normalized spacial score (nSPS) is 20.4. The lowest BCUT2D eigenvalue weighted by Crippen LogP contribution is -2.36. The number of nitrogens with one attached hydrogen (secondary N) is 1. The largest absolute Gasteiger partial charge is 0.385 e. The van der Waals surface area contributed by atoms with Gasteiger partial charge in [0.1, 0.15) is 0 Å². The molecular formula is C15H23NO2. The highest BCUT2D eigenvalue weighted by Crippen LogP contribution is 2.31. The number of benzene rings is 1. The van der Waals surface area contributed by atoms with Crippen LogP contribution in [0, 0.1) is 0 Å². The molecule has 0 bridgehead atoms. The molecule has 1 aliphatic heterocycles. The first-order chi connectivity index (χ1) is 8.86. The van der Waals surface area contributed by atoms with Gasteiger partial charge in [-0.15, -0.1) is 0 Å².